The van der Waals surface area contributed by atoms with E-state index in [0.29, 0.717) is 5.01 Å². The first-order chi connectivity index (χ1) is 12.3. The highest BCUT2D eigenvalue weighted by Crippen LogP contribution is 2.31. The highest BCUT2D eigenvalue weighted by Gasteiger charge is 2.30. The fraction of sp³-hybridized carbons (Fsp3) is 0.188. The summed E-state index contributed by atoms with van der Waals surface area (Å²) >= 11 is 1.28. The lowest BCUT2D eigenvalue weighted by molar-refractivity contribution is -0.137. The molecule has 0 saturated carbocycles. The molecular weight excluding hydrogens is 369 g/mol. The molecule has 0 spiro atoms. The minimum absolute atomic E-state index is 0.0820. The predicted molar refractivity (Wildman–Crippen MR) is 88.7 cm³/mol. The van der Waals surface area contributed by atoms with E-state index < -0.39 is 24.3 Å². The largest absolute Gasteiger partial charge is 0.484 e. The molecule has 1 aromatic heterocycles. The quantitative estimate of drug-likeness (QED) is 0.592. The van der Waals surface area contributed by atoms with Gasteiger partial charge in [-0.05, 0) is 25.1 Å². The molecule has 0 radical (unpaired) electrons. The Kier molecular flexibility index (Phi) is 6.19. The van der Waals surface area contributed by atoms with Gasteiger partial charge < -0.3 is 10.2 Å². The fourth-order valence-corrected chi connectivity index (χ4v) is 2.52. The van der Waals surface area contributed by atoms with E-state index in [2.05, 4.69) is 15.8 Å². The van der Waals surface area contributed by atoms with Gasteiger partial charge in [0.15, 0.2) is 6.61 Å². The van der Waals surface area contributed by atoms with E-state index in [1.165, 1.54) is 29.7 Å². The number of rotatable bonds is 6. The smallest absolute Gasteiger partial charge is 0.416 e. The van der Waals surface area contributed by atoms with Gasteiger partial charge in [-0.25, -0.2) is 4.98 Å². The van der Waals surface area contributed by atoms with Crippen LogP contribution in [0.15, 0.2) is 35.8 Å². The van der Waals surface area contributed by atoms with Gasteiger partial charge in [-0.1, -0.05) is 6.07 Å². The van der Waals surface area contributed by atoms with Gasteiger partial charge >= 0.3 is 6.18 Å². The highest BCUT2D eigenvalue weighted by atomic mass is 32.1. The lowest BCUT2D eigenvalue weighted by Crippen LogP contribution is -2.37. The first-order valence-electron chi connectivity index (χ1n) is 7.17. The van der Waals surface area contributed by atoms with Gasteiger partial charge in [-0.15, -0.1) is 11.3 Å². The van der Waals surface area contributed by atoms with Crippen molar-refractivity contribution in [1.29, 1.82) is 5.26 Å². The standard InChI is InChI=1S/C16H13F3N4O2S/c1-10-9-26-15(22-10)11(6-20)7-21-23-14(24)8-25-13-4-2-3-12(5-13)16(17,18)19/h2-5,7,9,21H,8H2,1H3,(H,23,24)/b11-7+. The highest BCUT2D eigenvalue weighted by molar-refractivity contribution is 7.10. The second kappa shape index (κ2) is 8.35. The molecule has 1 amide bonds. The van der Waals surface area contributed by atoms with Gasteiger partial charge in [0.25, 0.3) is 5.91 Å². The summed E-state index contributed by atoms with van der Waals surface area (Å²) in [5.41, 5.74) is 4.82. The number of nitriles is 1. The molecule has 2 aromatic rings. The number of amides is 1. The van der Waals surface area contributed by atoms with Gasteiger partial charge in [0, 0.05) is 17.3 Å². The summed E-state index contributed by atoms with van der Waals surface area (Å²) in [4.78, 5) is 15.8. The second-order valence-corrected chi connectivity index (χ2v) is 5.83. The molecule has 0 saturated heterocycles. The molecule has 6 nitrogen and oxygen atoms in total. The van der Waals surface area contributed by atoms with E-state index in [0.717, 1.165) is 17.8 Å². The average Bonchev–Trinajstić information content (AvgIpc) is 3.02. The third-order valence-corrected chi connectivity index (χ3v) is 3.92. The molecule has 0 atom stereocenters. The Morgan fingerprint density at radius 1 is 1.46 bits per heavy atom. The Hall–Kier alpha value is -3.06. The monoisotopic (exact) mass is 382 g/mol. The summed E-state index contributed by atoms with van der Waals surface area (Å²) in [6.45, 7) is 1.29. The Balaban J connectivity index is 1.86. The molecule has 2 rings (SSSR count). The lowest BCUT2D eigenvalue weighted by Gasteiger charge is -2.10. The van der Waals surface area contributed by atoms with E-state index in [9.17, 15) is 18.0 Å². The van der Waals surface area contributed by atoms with Gasteiger partial charge in [0.1, 0.15) is 22.4 Å². The number of aryl methyl sites for hydroxylation is 1. The molecule has 26 heavy (non-hydrogen) atoms. The number of nitrogens with one attached hydrogen (secondary N) is 2. The summed E-state index contributed by atoms with van der Waals surface area (Å²) < 4.78 is 42.8. The first-order valence-corrected chi connectivity index (χ1v) is 8.05. The Labute approximate surface area is 150 Å². The number of thiazole rings is 1. The van der Waals surface area contributed by atoms with E-state index in [1.54, 1.807) is 12.3 Å². The number of allylic oxidation sites excluding steroid dienone is 1. The lowest BCUT2D eigenvalue weighted by atomic mass is 10.2. The van der Waals surface area contributed by atoms with Crippen molar-refractivity contribution in [2.24, 2.45) is 0 Å². The first kappa shape index (κ1) is 19.3. The molecular formula is C16H13F3N4O2S. The number of benzene rings is 1. The molecule has 1 heterocycles. The van der Waals surface area contributed by atoms with Crippen molar-refractivity contribution in [1.82, 2.24) is 15.8 Å². The van der Waals surface area contributed by atoms with Crippen molar-refractivity contribution >= 4 is 22.8 Å². The molecule has 1 aromatic carbocycles. The molecule has 0 fully saturated rings. The Bertz CT molecular complexity index is 856. The number of hydrazine groups is 1. The number of hydrogen-bond acceptors (Lipinski definition) is 6. The van der Waals surface area contributed by atoms with Crippen molar-refractivity contribution < 1.29 is 22.7 Å². The minimum Gasteiger partial charge on any atom is -0.484 e. The minimum atomic E-state index is -4.49. The number of hydrogen-bond donors (Lipinski definition) is 2. The zero-order chi connectivity index (χ0) is 19.2. The molecule has 0 aliphatic heterocycles. The fourth-order valence-electron chi connectivity index (χ4n) is 1.76. The molecule has 10 heteroatoms. The van der Waals surface area contributed by atoms with Crippen molar-refractivity contribution in [2.45, 2.75) is 13.1 Å². The number of aromatic nitrogens is 1. The summed E-state index contributed by atoms with van der Waals surface area (Å²) in [6.07, 6.45) is -3.23. The number of carbonyl (C=O) groups excluding carboxylic acids is 1. The van der Waals surface area contributed by atoms with Crippen LogP contribution in [0.3, 0.4) is 0 Å². The van der Waals surface area contributed by atoms with Crippen LogP contribution in [0.4, 0.5) is 13.2 Å². The van der Waals surface area contributed by atoms with Crippen LogP contribution in [-0.4, -0.2) is 17.5 Å². The Morgan fingerprint density at radius 3 is 2.85 bits per heavy atom. The van der Waals surface area contributed by atoms with E-state index in [4.69, 9.17) is 10.00 Å². The molecule has 2 N–H and O–H groups in total. The van der Waals surface area contributed by atoms with Gasteiger partial charge in [0.2, 0.25) is 0 Å². The van der Waals surface area contributed by atoms with E-state index >= 15 is 0 Å². The SMILES string of the molecule is Cc1csc(/C(C#N)=C/NNC(=O)COc2cccc(C(F)(F)F)c2)n1. The number of carbonyl (C=O) groups is 1. The van der Waals surface area contributed by atoms with Crippen molar-refractivity contribution in [3.8, 4) is 11.8 Å². The van der Waals surface area contributed by atoms with Crippen LogP contribution in [0.1, 0.15) is 16.3 Å². The van der Waals surface area contributed by atoms with Crippen molar-refractivity contribution in [3.05, 3.63) is 52.1 Å². The number of ether oxygens (including phenoxy) is 1. The summed E-state index contributed by atoms with van der Waals surface area (Å²) in [5.74, 6) is -0.715. The summed E-state index contributed by atoms with van der Waals surface area (Å²) in [6, 6.07) is 6.15. The van der Waals surface area contributed by atoms with E-state index in [-0.39, 0.29) is 11.3 Å². The molecule has 136 valence electrons. The normalized spacial score (nSPS) is 11.6. The molecule has 0 unspecified atom stereocenters. The molecule has 0 aliphatic rings. The maximum atomic E-state index is 12.6. The summed E-state index contributed by atoms with van der Waals surface area (Å²) in [5, 5.41) is 11.3. The van der Waals surface area contributed by atoms with Gasteiger partial charge in [-0.2, -0.15) is 18.4 Å². The number of halogens is 3. The number of nitrogens with zero attached hydrogens (tertiary/aromatic N) is 2. The van der Waals surface area contributed by atoms with Gasteiger partial charge in [-0.3, -0.25) is 10.2 Å². The maximum Gasteiger partial charge on any atom is 0.416 e. The average molecular weight is 382 g/mol. The molecule has 0 bridgehead atoms. The molecule has 0 aliphatic carbocycles. The topological polar surface area (TPSA) is 87.0 Å². The van der Waals surface area contributed by atoms with Crippen LogP contribution in [0.2, 0.25) is 0 Å². The van der Waals surface area contributed by atoms with E-state index in [1.807, 2.05) is 6.07 Å². The van der Waals surface area contributed by atoms with Crippen LogP contribution in [-0.2, 0) is 11.0 Å². The summed E-state index contributed by atoms with van der Waals surface area (Å²) in [7, 11) is 0. The van der Waals surface area contributed by atoms with Crippen molar-refractivity contribution in [3.63, 3.8) is 0 Å². The Morgan fingerprint density at radius 2 is 2.23 bits per heavy atom. The predicted octanol–water partition coefficient (Wildman–Crippen LogP) is 3.03. The third-order valence-electron chi connectivity index (χ3n) is 2.93. The third kappa shape index (κ3) is 5.49. The van der Waals surface area contributed by atoms with Gasteiger partial charge in [0.05, 0.1) is 5.56 Å². The van der Waals surface area contributed by atoms with Crippen LogP contribution in [0, 0.1) is 18.3 Å². The second-order valence-electron chi connectivity index (χ2n) is 4.97. The van der Waals surface area contributed by atoms with Crippen LogP contribution < -0.4 is 15.6 Å². The van der Waals surface area contributed by atoms with Crippen LogP contribution in [0.25, 0.3) is 5.57 Å². The van der Waals surface area contributed by atoms with Crippen LogP contribution in [0.5, 0.6) is 5.75 Å². The zero-order valence-electron chi connectivity index (χ0n) is 13.4. The van der Waals surface area contributed by atoms with Crippen LogP contribution >= 0.6 is 11.3 Å². The zero-order valence-corrected chi connectivity index (χ0v) is 14.2. The maximum absolute atomic E-state index is 12.6. The van der Waals surface area contributed by atoms with Crippen molar-refractivity contribution in [2.75, 3.05) is 6.61 Å². The number of alkyl halides is 3.